The monoisotopic (exact) mass is 313 g/mol. The Morgan fingerprint density at radius 2 is 2.29 bits per heavy atom. The molecule has 1 rings (SSSR count). The second-order valence-electron chi connectivity index (χ2n) is 4.06. The maximum atomic E-state index is 4.07. The van der Waals surface area contributed by atoms with Crippen LogP contribution in [0, 0.1) is 0 Å². The van der Waals surface area contributed by atoms with Gasteiger partial charge < -0.3 is 5.32 Å². The van der Waals surface area contributed by atoms with Gasteiger partial charge in [0.05, 0.1) is 0 Å². The predicted octanol–water partition coefficient (Wildman–Crippen LogP) is 4.49. The number of rotatable bonds is 7. The lowest BCUT2D eigenvalue weighted by molar-refractivity contribution is 0.607. The van der Waals surface area contributed by atoms with Gasteiger partial charge in [0.1, 0.15) is 0 Å². The molecule has 0 saturated carbocycles. The zero-order valence-electron chi connectivity index (χ0n) is 10.5. The van der Waals surface area contributed by atoms with Crippen molar-refractivity contribution in [2.24, 2.45) is 0 Å². The van der Waals surface area contributed by atoms with E-state index >= 15 is 0 Å². The topological polar surface area (TPSA) is 12.0 Å². The zero-order chi connectivity index (χ0) is 12.7. The molecule has 17 heavy (non-hydrogen) atoms. The van der Waals surface area contributed by atoms with Gasteiger partial charge in [0.25, 0.3) is 0 Å². The summed E-state index contributed by atoms with van der Waals surface area (Å²) in [6, 6.07) is 8.94. The highest BCUT2D eigenvalue weighted by atomic mass is 79.9. The van der Waals surface area contributed by atoms with Crippen LogP contribution in [0.4, 0.5) is 0 Å². The van der Waals surface area contributed by atoms with Crippen molar-refractivity contribution in [3.63, 3.8) is 0 Å². The van der Waals surface area contributed by atoms with E-state index in [1.54, 1.807) is 0 Å². The molecule has 1 unspecified atom stereocenters. The largest absolute Gasteiger partial charge is 0.316 e. The molecule has 0 radical (unpaired) electrons. The van der Waals surface area contributed by atoms with Crippen LogP contribution in [-0.4, -0.2) is 18.8 Å². The Balaban J connectivity index is 2.44. The van der Waals surface area contributed by atoms with Crippen LogP contribution in [0.2, 0.25) is 0 Å². The van der Waals surface area contributed by atoms with Gasteiger partial charge in [-0.2, -0.15) is 0 Å². The van der Waals surface area contributed by atoms with Crippen LogP contribution in [0.3, 0.4) is 0 Å². The molecule has 3 heteroatoms. The van der Waals surface area contributed by atoms with Crippen LogP contribution in [0.5, 0.6) is 0 Å². The quantitative estimate of drug-likeness (QED) is 0.588. The molecule has 0 aliphatic rings. The first kappa shape index (κ1) is 14.8. The van der Waals surface area contributed by atoms with Crippen molar-refractivity contribution in [2.75, 3.05) is 12.8 Å². The number of hydrogen-bond donors (Lipinski definition) is 1. The SMILES string of the molecule is C=C(CC)CC(CSc1cccc(Br)c1)NC. The molecule has 94 valence electrons. The summed E-state index contributed by atoms with van der Waals surface area (Å²) < 4.78 is 1.14. The van der Waals surface area contributed by atoms with Crippen LogP contribution in [-0.2, 0) is 0 Å². The molecule has 0 amide bonds. The van der Waals surface area contributed by atoms with Crippen LogP contribution in [0.1, 0.15) is 19.8 Å². The maximum Gasteiger partial charge on any atom is 0.0195 e. The van der Waals surface area contributed by atoms with Crippen molar-refractivity contribution in [1.29, 1.82) is 0 Å². The Morgan fingerprint density at radius 3 is 2.88 bits per heavy atom. The van der Waals surface area contributed by atoms with Gasteiger partial charge in [-0.05, 0) is 38.1 Å². The highest BCUT2D eigenvalue weighted by Gasteiger charge is 2.08. The third kappa shape index (κ3) is 5.75. The van der Waals surface area contributed by atoms with Gasteiger partial charge in [0.2, 0.25) is 0 Å². The summed E-state index contributed by atoms with van der Waals surface area (Å²) in [5, 5.41) is 3.36. The number of nitrogens with one attached hydrogen (secondary N) is 1. The molecule has 1 nitrogen and oxygen atoms in total. The van der Waals surface area contributed by atoms with E-state index in [1.807, 2.05) is 18.8 Å². The number of benzene rings is 1. The first-order valence-electron chi connectivity index (χ1n) is 5.88. The summed E-state index contributed by atoms with van der Waals surface area (Å²) in [5.74, 6) is 1.08. The molecular formula is C14H20BrNS. The van der Waals surface area contributed by atoms with Gasteiger partial charge in [-0.25, -0.2) is 0 Å². The van der Waals surface area contributed by atoms with E-state index in [4.69, 9.17) is 0 Å². The van der Waals surface area contributed by atoms with Crippen LogP contribution in [0.25, 0.3) is 0 Å². The van der Waals surface area contributed by atoms with E-state index in [9.17, 15) is 0 Å². The fraction of sp³-hybridized carbons (Fsp3) is 0.429. The minimum absolute atomic E-state index is 0.506. The smallest absolute Gasteiger partial charge is 0.0195 e. The molecule has 0 spiro atoms. The Morgan fingerprint density at radius 1 is 1.53 bits per heavy atom. The molecule has 0 fully saturated rings. The van der Waals surface area contributed by atoms with E-state index in [-0.39, 0.29) is 0 Å². The maximum absolute atomic E-state index is 4.07. The number of thioether (sulfide) groups is 1. The molecule has 1 N–H and O–H groups in total. The average molecular weight is 314 g/mol. The van der Waals surface area contributed by atoms with Crippen molar-refractivity contribution in [1.82, 2.24) is 5.32 Å². The molecule has 0 saturated heterocycles. The average Bonchev–Trinajstić information content (AvgIpc) is 2.34. The summed E-state index contributed by atoms with van der Waals surface area (Å²) >= 11 is 5.38. The van der Waals surface area contributed by atoms with E-state index in [2.05, 4.69) is 59.0 Å². The Labute approximate surface area is 117 Å². The second-order valence-corrected chi connectivity index (χ2v) is 6.07. The van der Waals surface area contributed by atoms with Crippen LogP contribution < -0.4 is 5.32 Å². The van der Waals surface area contributed by atoms with Gasteiger partial charge in [-0.15, -0.1) is 11.8 Å². The lowest BCUT2D eigenvalue weighted by atomic mass is 10.1. The van der Waals surface area contributed by atoms with E-state index in [0.29, 0.717) is 6.04 Å². The van der Waals surface area contributed by atoms with E-state index < -0.39 is 0 Å². The van der Waals surface area contributed by atoms with Crippen LogP contribution in [0.15, 0.2) is 45.8 Å². The second kappa shape index (κ2) is 7.96. The Hall–Kier alpha value is -0.250. The first-order chi connectivity index (χ1) is 8.15. The van der Waals surface area contributed by atoms with Crippen molar-refractivity contribution < 1.29 is 0 Å². The molecule has 0 aliphatic carbocycles. The van der Waals surface area contributed by atoms with Crippen molar-refractivity contribution >= 4 is 27.7 Å². The predicted molar refractivity (Wildman–Crippen MR) is 81.8 cm³/mol. The third-order valence-corrected chi connectivity index (χ3v) is 4.34. The lowest BCUT2D eigenvalue weighted by Crippen LogP contribution is -2.28. The molecule has 1 atom stereocenters. The summed E-state index contributed by atoms with van der Waals surface area (Å²) in [6.45, 7) is 6.24. The Kier molecular flexibility index (Phi) is 6.93. The minimum atomic E-state index is 0.506. The summed E-state index contributed by atoms with van der Waals surface area (Å²) in [5.41, 5.74) is 1.32. The minimum Gasteiger partial charge on any atom is -0.316 e. The normalized spacial score (nSPS) is 12.4. The van der Waals surface area contributed by atoms with Crippen molar-refractivity contribution in [3.05, 3.63) is 40.9 Å². The first-order valence-corrected chi connectivity index (χ1v) is 7.65. The van der Waals surface area contributed by atoms with Gasteiger partial charge in [0, 0.05) is 21.2 Å². The van der Waals surface area contributed by atoms with Crippen molar-refractivity contribution in [3.8, 4) is 0 Å². The fourth-order valence-corrected chi connectivity index (χ4v) is 3.10. The lowest BCUT2D eigenvalue weighted by Gasteiger charge is -2.16. The van der Waals surface area contributed by atoms with E-state index in [0.717, 1.165) is 23.1 Å². The summed E-state index contributed by atoms with van der Waals surface area (Å²) in [4.78, 5) is 1.31. The Bertz CT molecular complexity index is 365. The molecular weight excluding hydrogens is 294 g/mol. The highest BCUT2D eigenvalue weighted by molar-refractivity contribution is 9.10. The standard InChI is InChI=1S/C14H20BrNS/c1-4-11(2)8-13(16-3)10-17-14-7-5-6-12(15)9-14/h5-7,9,13,16H,2,4,8,10H2,1,3H3. The van der Waals surface area contributed by atoms with Gasteiger partial charge in [0.15, 0.2) is 0 Å². The molecule has 0 aliphatic heterocycles. The van der Waals surface area contributed by atoms with Gasteiger partial charge in [-0.1, -0.05) is 41.1 Å². The molecule has 0 heterocycles. The molecule has 0 bridgehead atoms. The van der Waals surface area contributed by atoms with Crippen molar-refractivity contribution in [2.45, 2.75) is 30.7 Å². The molecule has 0 aromatic heterocycles. The number of halogens is 1. The van der Waals surface area contributed by atoms with Gasteiger partial charge in [-0.3, -0.25) is 0 Å². The van der Waals surface area contributed by atoms with Crippen LogP contribution >= 0.6 is 27.7 Å². The summed E-state index contributed by atoms with van der Waals surface area (Å²) in [6.07, 6.45) is 2.13. The third-order valence-electron chi connectivity index (χ3n) is 2.69. The molecule has 1 aromatic rings. The fourth-order valence-electron chi connectivity index (χ4n) is 1.49. The zero-order valence-corrected chi connectivity index (χ0v) is 12.9. The molecule has 1 aromatic carbocycles. The number of hydrogen-bond acceptors (Lipinski definition) is 2. The summed E-state index contributed by atoms with van der Waals surface area (Å²) in [7, 11) is 2.02. The van der Waals surface area contributed by atoms with E-state index in [1.165, 1.54) is 10.5 Å². The van der Waals surface area contributed by atoms with Gasteiger partial charge >= 0.3 is 0 Å². The highest BCUT2D eigenvalue weighted by Crippen LogP contribution is 2.23.